The number of nitrogens with one attached hydrogen (secondary N) is 2. The van der Waals surface area contributed by atoms with Crippen LogP contribution in [0, 0.1) is 5.40 Å². The summed E-state index contributed by atoms with van der Waals surface area (Å²) < 4.78 is 7.45. The van der Waals surface area contributed by atoms with Gasteiger partial charge in [0.2, 0.25) is 5.96 Å². The number of benzene rings is 1. The number of guanidine groups is 1. The predicted molar refractivity (Wildman–Crippen MR) is 75.1 cm³/mol. The van der Waals surface area contributed by atoms with Gasteiger partial charge >= 0.3 is 0 Å². The molecule has 0 saturated carbocycles. The van der Waals surface area contributed by atoms with E-state index in [0.717, 1.165) is 17.0 Å². The number of nitrogens with zero attached hydrogens (tertiary/aromatic N) is 1. The van der Waals surface area contributed by atoms with Crippen LogP contribution in [0.15, 0.2) is 27.8 Å². The standard InChI is InChI=1S/C8H8BrClN4.C2H4O2/c9-6-2-1-5(7(10)3-6)4-13-14-8(11)12;1-2(3)4/h1-4H,(H4,11,12,14);1H3,(H,3,4). The lowest BCUT2D eigenvalue weighted by atomic mass is 10.2. The summed E-state index contributed by atoms with van der Waals surface area (Å²) in [5, 5.41) is 14.7. The predicted octanol–water partition coefficient (Wildman–Crippen LogP) is 2.01. The Bertz CT molecular complexity index is 492. The molecule has 0 aliphatic carbocycles. The monoisotopic (exact) mass is 334 g/mol. The number of carboxylic acids is 1. The minimum atomic E-state index is -0.833. The highest BCUT2D eigenvalue weighted by molar-refractivity contribution is 9.10. The Morgan fingerprint density at radius 2 is 2.39 bits per heavy atom. The SMILES string of the molecule is CC(=O)O.[H]/N=C(\N)NN=Cc1ccc(Br)cc1Cl. The van der Waals surface area contributed by atoms with Crippen molar-refractivity contribution in [2.45, 2.75) is 6.92 Å². The average Bonchev–Trinajstić information content (AvgIpc) is 2.31. The Balaban J connectivity index is 0.000000711. The van der Waals surface area contributed by atoms with Crippen molar-refractivity contribution in [2.75, 3.05) is 0 Å². The van der Waals surface area contributed by atoms with E-state index in [1.807, 2.05) is 6.07 Å². The number of carboxylic acid groups (broad SMARTS) is 1. The summed E-state index contributed by atoms with van der Waals surface area (Å²) in [6.45, 7) is 1.08. The molecule has 18 heavy (non-hydrogen) atoms. The fourth-order valence-corrected chi connectivity index (χ4v) is 1.50. The molecular weight excluding hydrogens is 323 g/mol. The van der Waals surface area contributed by atoms with Gasteiger partial charge in [0, 0.05) is 17.0 Å². The molecule has 0 spiro atoms. The maximum absolute atomic E-state index is 9.00. The fraction of sp³-hybridized carbons (Fsp3) is 0.100. The molecule has 0 amide bonds. The van der Waals surface area contributed by atoms with Gasteiger partial charge in [0.25, 0.3) is 5.97 Å². The first-order valence-electron chi connectivity index (χ1n) is 5.02. The minimum absolute atomic E-state index is 0.0838. The van der Waals surface area contributed by atoms with Gasteiger partial charge in [-0.05, 0) is 12.1 Å². The first kappa shape index (κ1) is 14.5. The summed E-state index contributed by atoms with van der Waals surface area (Å²) >= 11 is 9.22. The molecule has 1 aromatic carbocycles. The number of halogens is 2. The number of aliphatic carboxylic acids is 1. The Morgan fingerprint density at radius 3 is 2.89 bits per heavy atom. The van der Waals surface area contributed by atoms with Crippen LogP contribution in [0.2, 0.25) is 6.43 Å². The molecule has 1 rings (SSSR count). The molecule has 8 heteroatoms. The summed E-state index contributed by atoms with van der Waals surface area (Å²) in [7, 11) is 0. The Morgan fingerprint density at radius 1 is 1.78 bits per heavy atom. The van der Waals surface area contributed by atoms with E-state index in [2.05, 4.69) is 31.9 Å². The van der Waals surface area contributed by atoms with Crippen LogP contribution < -0.4 is 11.2 Å². The van der Waals surface area contributed by atoms with Crippen molar-refractivity contribution in [1.82, 2.24) is 5.43 Å². The zero-order chi connectivity index (χ0) is 14.8. The van der Waals surface area contributed by atoms with Gasteiger partial charge in [-0.15, -0.1) is 0 Å². The molecular formula is C10H12BrClN4O2. The van der Waals surface area contributed by atoms with Gasteiger partial charge in [0.05, 0.1) is 11.2 Å². The molecule has 0 unspecified atom stereocenters. The van der Waals surface area contributed by atoms with Gasteiger partial charge in [-0.2, -0.15) is 5.10 Å². The number of hydrogen-bond acceptors (Lipinski definition) is 3. The molecule has 0 aliphatic heterocycles. The number of hydrogen-bond donors (Lipinski definition) is 4. The second kappa shape index (κ2) is 8.48. The van der Waals surface area contributed by atoms with Crippen molar-refractivity contribution in [1.29, 1.82) is 5.40 Å². The van der Waals surface area contributed by atoms with Crippen LogP contribution in [-0.4, -0.2) is 23.2 Å². The van der Waals surface area contributed by atoms with Crippen molar-refractivity contribution in [3.8, 4) is 0 Å². The molecule has 0 aliphatic rings. The molecule has 0 fully saturated rings. The number of rotatable bonds is 2. The van der Waals surface area contributed by atoms with Gasteiger partial charge in [-0.1, -0.05) is 33.6 Å². The van der Waals surface area contributed by atoms with E-state index >= 15 is 0 Å². The van der Waals surface area contributed by atoms with Crippen LogP contribution in [0.3, 0.4) is 0 Å². The van der Waals surface area contributed by atoms with E-state index in [4.69, 9.17) is 28.6 Å². The van der Waals surface area contributed by atoms with Gasteiger partial charge in [-0.25, -0.2) is 5.43 Å². The average molecular weight is 336 g/mol. The quantitative estimate of drug-likeness (QED) is 0.376. The van der Waals surface area contributed by atoms with Crippen molar-refractivity contribution in [3.05, 3.63) is 33.3 Å². The van der Waals surface area contributed by atoms with Crippen LogP contribution in [0.4, 0.5) is 0 Å². The molecule has 0 heterocycles. The second-order valence-electron chi connectivity index (χ2n) is 2.94. The Kier molecular flexibility index (Phi) is 6.82. The van der Waals surface area contributed by atoms with Crippen LogP contribution >= 0.6 is 27.5 Å². The molecule has 0 atom stereocenters. The van der Waals surface area contributed by atoms with Gasteiger partial charge in [-0.3, -0.25) is 10.2 Å². The summed E-state index contributed by atoms with van der Waals surface area (Å²) in [6.07, 6.45) is 1.49. The van der Waals surface area contributed by atoms with Crippen molar-refractivity contribution >= 4 is 45.7 Å². The van der Waals surface area contributed by atoms with Crippen LogP contribution in [0.5, 0.6) is 0 Å². The molecule has 0 saturated heterocycles. The maximum Gasteiger partial charge on any atom is 0.300 e. The van der Waals surface area contributed by atoms with E-state index in [0.29, 0.717) is 5.02 Å². The Hall–Kier alpha value is -1.60. The maximum atomic E-state index is 9.00. The number of carbonyl (C=O) groups is 1. The summed E-state index contributed by atoms with van der Waals surface area (Å²) in [5.41, 5.74) is 8.30. The molecule has 0 aromatic heterocycles. The van der Waals surface area contributed by atoms with Crippen LogP contribution in [0.1, 0.15) is 12.5 Å². The van der Waals surface area contributed by atoms with Crippen molar-refractivity contribution < 1.29 is 11.3 Å². The van der Waals surface area contributed by atoms with E-state index in [1.165, 1.54) is 6.21 Å². The third-order valence-electron chi connectivity index (χ3n) is 1.35. The normalized spacial score (nSPS) is 11.5. The van der Waals surface area contributed by atoms with Crippen LogP contribution in [0.25, 0.3) is 0 Å². The first-order chi connectivity index (χ1) is 8.86. The van der Waals surface area contributed by atoms with E-state index in [-0.39, 0.29) is 5.96 Å². The molecule has 0 radical (unpaired) electrons. The molecule has 0 bridgehead atoms. The largest absolute Gasteiger partial charge is 0.481 e. The van der Waals surface area contributed by atoms with Crippen molar-refractivity contribution in [2.24, 2.45) is 10.8 Å². The molecule has 5 N–H and O–H groups in total. The third-order valence-corrected chi connectivity index (χ3v) is 2.17. The highest BCUT2D eigenvalue weighted by Gasteiger charge is 1.97. The van der Waals surface area contributed by atoms with E-state index < -0.39 is 5.97 Å². The summed E-state index contributed by atoms with van der Waals surface area (Å²) in [6, 6.07) is 5.39. The number of nitrogens with two attached hydrogens (primary N) is 1. The molecule has 98 valence electrons. The molecule has 1 aromatic rings. The second-order valence-corrected chi connectivity index (χ2v) is 4.26. The highest BCUT2D eigenvalue weighted by Crippen LogP contribution is 2.19. The summed E-state index contributed by atoms with van der Waals surface area (Å²) in [4.78, 5) is 9.00. The lowest BCUT2D eigenvalue weighted by molar-refractivity contribution is -0.134. The van der Waals surface area contributed by atoms with Crippen LogP contribution in [-0.2, 0) is 4.79 Å². The fourth-order valence-electron chi connectivity index (χ4n) is 0.774. The first-order valence-corrected chi connectivity index (χ1v) is 5.75. The lowest BCUT2D eigenvalue weighted by Crippen LogP contribution is -2.25. The van der Waals surface area contributed by atoms with Gasteiger partial charge in [0.1, 0.15) is 0 Å². The van der Waals surface area contributed by atoms with E-state index in [1.54, 1.807) is 12.1 Å². The Labute approximate surface area is 119 Å². The third kappa shape index (κ3) is 8.54. The van der Waals surface area contributed by atoms with Gasteiger partial charge < -0.3 is 10.8 Å². The zero-order valence-electron chi connectivity index (χ0n) is 10.4. The molecule has 6 nitrogen and oxygen atoms in total. The zero-order valence-corrected chi connectivity index (χ0v) is 11.7. The van der Waals surface area contributed by atoms with Crippen molar-refractivity contribution in [3.63, 3.8) is 0 Å². The smallest absolute Gasteiger partial charge is 0.300 e. The van der Waals surface area contributed by atoms with Gasteiger partial charge in [0.15, 0.2) is 1.41 Å². The lowest BCUT2D eigenvalue weighted by Gasteiger charge is -1.98. The topological polar surface area (TPSA) is 112 Å². The summed E-state index contributed by atoms with van der Waals surface area (Å²) in [5.74, 6) is -0.917. The minimum Gasteiger partial charge on any atom is -0.481 e. The number of hydrazone groups is 1. The highest BCUT2D eigenvalue weighted by atomic mass is 79.9. The van der Waals surface area contributed by atoms with E-state index in [9.17, 15) is 0 Å².